The van der Waals surface area contributed by atoms with E-state index in [0.717, 1.165) is 24.0 Å². The average molecular weight is 439 g/mol. The summed E-state index contributed by atoms with van der Waals surface area (Å²) in [5.41, 5.74) is 4.46. The van der Waals surface area contributed by atoms with Crippen molar-refractivity contribution in [1.82, 2.24) is 0 Å². The quantitative estimate of drug-likeness (QED) is 0.324. The van der Waals surface area contributed by atoms with Gasteiger partial charge in [0.1, 0.15) is 11.5 Å². The summed E-state index contributed by atoms with van der Waals surface area (Å²) in [5.74, 6) is 0.756. The smallest absolute Gasteiger partial charge is 0.166 e. The van der Waals surface area contributed by atoms with Crippen molar-refractivity contribution in [3.8, 4) is 23.0 Å². The number of phenols is 2. The number of carbonyl (C=O) groups excluding carboxylic acids is 1. The second-order valence-electron chi connectivity index (χ2n) is 8.14. The molecule has 0 atom stereocenters. The van der Waals surface area contributed by atoms with Crippen LogP contribution < -0.4 is 9.47 Å². The molecule has 5 heteroatoms. The van der Waals surface area contributed by atoms with E-state index in [0.29, 0.717) is 24.3 Å². The highest BCUT2D eigenvalue weighted by Crippen LogP contribution is 2.34. The topological polar surface area (TPSA) is 76.0 Å². The van der Waals surface area contributed by atoms with Gasteiger partial charge in [0.25, 0.3) is 0 Å². The zero-order chi connectivity index (χ0) is 23.7. The van der Waals surface area contributed by atoms with Crippen LogP contribution in [0.1, 0.15) is 61.5 Å². The van der Waals surface area contributed by atoms with E-state index in [1.807, 2.05) is 6.07 Å². The number of carbonyl (C=O) groups is 1. The first-order chi connectivity index (χ1) is 15.3. The Balaban J connectivity index is 2.18. The Bertz CT molecular complexity index is 997. The summed E-state index contributed by atoms with van der Waals surface area (Å²) in [6.07, 6.45) is 7.49. The van der Waals surface area contributed by atoms with E-state index in [1.54, 1.807) is 18.2 Å². The van der Waals surface area contributed by atoms with Gasteiger partial charge in [-0.1, -0.05) is 29.4 Å². The zero-order valence-electron chi connectivity index (χ0n) is 19.7. The van der Waals surface area contributed by atoms with Crippen molar-refractivity contribution in [2.75, 3.05) is 14.2 Å². The third-order valence-electron chi connectivity index (χ3n) is 5.44. The van der Waals surface area contributed by atoms with E-state index in [4.69, 9.17) is 9.47 Å². The highest BCUT2D eigenvalue weighted by Gasteiger charge is 2.16. The maximum absolute atomic E-state index is 12.7. The van der Waals surface area contributed by atoms with E-state index < -0.39 is 0 Å². The minimum Gasteiger partial charge on any atom is -0.507 e. The van der Waals surface area contributed by atoms with Crippen LogP contribution >= 0.6 is 0 Å². The largest absolute Gasteiger partial charge is 0.507 e. The first-order valence-corrected chi connectivity index (χ1v) is 10.8. The number of aromatic hydroxyl groups is 2. The van der Waals surface area contributed by atoms with Gasteiger partial charge >= 0.3 is 0 Å². The van der Waals surface area contributed by atoms with E-state index in [1.165, 1.54) is 31.4 Å². The number of Topliss-reactive ketones (excluding diaryl/α,β-unsaturated/α-hetero) is 1. The van der Waals surface area contributed by atoms with Gasteiger partial charge in [-0.15, -0.1) is 0 Å². The second-order valence-corrected chi connectivity index (χ2v) is 8.14. The highest BCUT2D eigenvalue weighted by atomic mass is 16.5. The molecule has 172 valence electrons. The average Bonchev–Trinajstić information content (AvgIpc) is 2.76. The van der Waals surface area contributed by atoms with Crippen LogP contribution in [0.3, 0.4) is 0 Å². The Labute approximate surface area is 191 Å². The summed E-state index contributed by atoms with van der Waals surface area (Å²) in [6, 6.07) is 8.26. The molecule has 0 aromatic heterocycles. The molecule has 0 fully saturated rings. The number of allylic oxidation sites excluding steroid dienone is 4. The van der Waals surface area contributed by atoms with Crippen molar-refractivity contribution < 1.29 is 24.5 Å². The van der Waals surface area contributed by atoms with Crippen LogP contribution in [-0.2, 0) is 12.8 Å². The van der Waals surface area contributed by atoms with Gasteiger partial charge in [0, 0.05) is 18.1 Å². The normalized spacial score (nSPS) is 11.2. The van der Waals surface area contributed by atoms with Crippen molar-refractivity contribution in [2.24, 2.45) is 0 Å². The molecular weight excluding hydrogens is 404 g/mol. The maximum atomic E-state index is 12.7. The fraction of sp³-hybridized carbons (Fsp3) is 0.370. The lowest BCUT2D eigenvalue weighted by Crippen LogP contribution is -2.04. The van der Waals surface area contributed by atoms with Gasteiger partial charge in [0.05, 0.1) is 19.8 Å². The second kappa shape index (κ2) is 12.0. The molecule has 0 amide bonds. The molecule has 0 aliphatic carbocycles. The van der Waals surface area contributed by atoms with Gasteiger partial charge in [0.15, 0.2) is 17.3 Å². The fourth-order valence-electron chi connectivity index (χ4n) is 3.51. The lowest BCUT2D eigenvalue weighted by molar-refractivity contribution is 0.0980. The predicted molar refractivity (Wildman–Crippen MR) is 128 cm³/mol. The Morgan fingerprint density at radius 2 is 1.72 bits per heavy atom. The van der Waals surface area contributed by atoms with Crippen LogP contribution in [0.2, 0.25) is 0 Å². The summed E-state index contributed by atoms with van der Waals surface area (Å²) in [4.78, 5) is 12.7. The molecule has 0 heterocycles. The number of benzene rings is 2. The lowest BCUT2D eigenvalue weighted by atomic mass is 9.95. The summed E-state index contributed by atoms with van der Waals surface area (Å²) >= 11 is 0. The monoisotopic (exact) mass is 438 g/mol. The number of ketones is 1. The van der Waals surface area contributed by atoms with Crippen molar-refractivity contribution >= 4 is 5.78 Å². The summed E-state index contributed by atoms with van der Waals surface area (Å²) in [7, 11) is 3.03. The molecule has 32 heavy (non-hydrogen) atoms. The maximum Gasteiger partial charge on any atom is 0.166 e. The molecule has 2 aromatic carbocycles. The van der Waals surface area contributed by atoms with Crippen LogP contribution in [0.4, 0.5) is 0 Å². The summed E-state index contributed by atoms with van der Waals surface area (Å²) in [5, 5.41) is 20.9. The molecular formula is C27H34O5. The fourth-order valence-corrected chi connectivity index (χ4v) is 3.51. The molecule has 0 unspecified atom stereocenters. The Hall–Kier alpha value is -3.21. The number of ether oxygens (including phenoxy) is 2. The van der Waals surface area contributed by atoms with Crippen LogP contribution in [-0.4, -0.2) is 30.2 Å². The van der Waals surface area contributed by atoms with E-state index >= 15 is 0 Å². The number of rotatable bonds is 11. The SMILES string of the molecule is COc1ccc(C(=O)CCc2ccc(OC)c(O)c2C/C=C(\C)CCC=C(C)C)c(O)c1. The van der Waals surface area contributed by atoms with Crippen molar-refractivity contribution in [3.63, 3.8) is 0 Å². The molecule has 0 spiro atoms. The van der Waals surface area contributed by atoms with Crippen LogP contribution in [0, 0.1) is 0 Å². The third-order valence-corrected chi connectivity index (χ3v) is 5.44. The molecule has 0 saturated heterocycles. The van der Waals surface area contributed by atoms with Gasteiger partial charge in [-0.3, -0.25) is 4.79 Å². The minimum absolute atomic E-state index is 0.0953. The lowest BCUT2D eigenvalue weighted by Gasteiger charge is -2.14. The highest BCUT2D eigenvalue weighted by molar-refractivity contribution is 5.98. The number of aryl methyl sites for hydroxylation is 1. The van der Waals surface area contributed by atoms with E-state index in [-0.39, 0.29) is 29.3 Å². The van der Waals surface area contributed by atoms with Crippen LogP contribution in [0.25, 0.3) is 0 Å². The Morgan fingerprint density at radius 3 is 2.34 bits per heavy atom. The van der Waals surface area contributed by atoms with Gasteiger partial charge in [-0.2, -0.15) is 0 Å². The van der Waals surface area contributed by atoms with Gasteiger partial charge < -0.3 is 19.7 Å². The van der Waals surface area contributed by atoms with E-state index in [2.05, 4.69) is 32.9 Å². The molecule has 0 radical (unpaired) electrons. The molecule has 0 aliphatic rings. The first kappa shape index (κ1) is 25.1. The van der Waals surface area contributed by atoms with Crippen LogP contribution in [0.15, 0.2) is 53.6 Å². The van der Waals surface area contributed by atoms with E-state index in [9.17, 15) is 15.0 Å². The first-order valence-electron chi connectivity index (χ1n) is 10.8. The van der Waals surface area contributed by atoms with Crippen molar-refractivity contribution in [1.29, 1.82) is 0 Å². The predicted octanol–water partition coefficient (Wildman–Crippen LogP) is 6.17. The molecule has 0 saturated carbocycles. The standard InChI is InChI=1S/C27H34O5/c1-18(2)7-6-8-19(3)9-13-22-20(11-16-26(32-5)27(22)30)10-15-24(28)23-14-12-21(31-4)17-25(23)29/h7,9,11-12,14,16-17,29-30H,6,8,10,13,15H2,1-5H3/b19-9+. The summed E-state index contributed by atoms with van der Waals surface area (Å²) < 4.78 is 10.4. The number of methoxy groups -OCH3 is 2. The Morgan fingerprint density at radius 1 is 0.969 bits per heavy atom. The molecule has 0 bridgehead atoms. The number of phenolic OH excluding ortho intramolecular Hbond substituents is 2. The van der Waals surface area contributed by atoms with Crippen molar-refractivity contribution in [3.05, 3.63) is 70.3 Å². The van der Waals surface area contributed by atoms with Gasteiger partial charge in [-0.05, 0) is 70.2 Å². The minimum atomic E-state index is -0.167. The summed E-state index contributed by atoms with van der Waals surface area (Å²) in [6.45, 7) is 6.27. The molecule has 2 aromatic rings. The third kappa shape index (κ3) is 6.91. The van der Waals surface area contributed by atoms with Gasteiger partial charge in [0.2, 0.25) is 0 Å². The van der Waals surface area contributed by atoms with Crippen LogP contribution in [0.5, 0.6) is 23.0 Å². The zero-order valence-corrected chi connectivity index (χ0v) is 19.7. The van der Waals surface area contributed by atoms with Gasteiger partial charge in [-0.25, -0.2) is 0 Å². The number of hydrogen-bond acceptors (Lipinski definition) is 5. The molecule has 2 N–H and O–H groups in total. The molecule has 5 nitrogen and oxygen atoms in total. The van der Waals surface area contributed by atoms with Crippen molar-refractivity contribution in [2.45, 2.75) is 52.9 Å². The number of hydrogen-bond donors (Lipinski definition) is 2. The molecule has 2 rings (SSSR count). The molecule has 0 aliphatic heterocycles. The Kier molecular flexibility index (Phi) is 9.39.